The molecule has 7 heteroatoms. The molecule has 0 saturated carbocycles. The quantitative estimate of drug-likeness (QED) is 0.590. The average molecular weight is 361 g/mol. The van der Waals surface area contributed by atoms with Gasteiger partial charge in [0.05, 0.1) is 23.8 Å². The Hall–Kier alpha value is -3.61. The van der Waals surface area contributed by atoms with E-state index in [2.05, 4.69) is 15.4 Å². The van der Waals surface area contributed by atoms with Crippen molar-refractivity contribution in [3.8, 4) is 11.4 Å². The molecule has 0 atom stereocenters. The molecule has 0 aliphatic heterocycles. The van der Waals surface area contributed by atoms with Gasteiger partial charge in [0.25, 0.3) is 5.91 Å². The summed E-state index contributed by atoms with van der Waals surface area (Å²) in [5.74, 6) is 0.984. The highest BCUT2D eigenvalue weighted by Gasteiger charge is 2.15. The highest BCUT2D eigenvalue weighted by Crippen LogP contribution is 2.20. The van der Waals surface area contributed by atoms with Gasteiger partial charge in [-0.25, -0.2) is 9.67 Å². The minimum absolute atomic E-state index is 0.299. The molecule has 1 amide bonds. The van der Waals surface area contributed by atoms with E-state index in [9.17, 15) is 4.79 Å². The number of imidazole rings is 1. The van der Waals surface area contributed by atoms with Gasteiger partial charge in [-0.05, 0) is 49.4 Å². The van der Waals surface area contributed by atoms with Crippen LogP contribution >= 0.6 is 0 Å². The summed E-state index contributed by atoms with van der Waals surface area (Å²) in [7, 11) is 1.62. The highest BCUT2D eigenvalue weighted by molar-refractivity contribution is 6.02. The first-order valence-corrected chi connectivity index (χ1v) is 8.66. The van der Waals surface area contributed by atoms with E-state index in [4.69, 9.17) is 4.74 Å². The van der Waals surface area contributed by atoms with Crippen molar-refractivity contribution in [3.63, 3.8) is 0 Å². The summed E-state index contributed by atoms with van der Waals surface area (Å²) < 4.78 is 8.77. The van der Waals surface area contributed by atoms with E-state index in [0.29, 0.717) is 18.2 Å². The fourth-order valence-electron chi connectivity index (χ4n) is 2.98. The largest absolute Gasteiger partial charge is 0.497 e. The number of anilines is 1. The standard InChI is InChI=1S/C20H19N5O2/c1-3-24-18-7-5-4-6-16(18)21-20(24)22-19(26)17-12-13-25(23-17)14-8-10-15(27-2)11-9-14/h4-13H,3H2,1-2H3,(H,21,22,26). The SMILES string of the molecule is CCn1c(NC(=O)c2ccn(-c3ccc(OC)cc3)n2)nc2ccccc21. The molecule has 2 aromatic heterocycles. The van der Waals surface area contributed by atoms with Crippen LogP contribution in [0.5, 0.6) is 5.75 Å². The van der Waals surface area contributed by atoms with Crippen LogP contribution in [0.25, 0.3) is 16.7 Å². The molecule has 1 N–H and O–H groups in total. The number of nitrogens with zero attached hydrogens (tertiary/aromatic N) is 4. The smallest absolute Gasteiger partial charge is 0.278 e. The molecule has 0 aliphatic carbocycles. The molecule has 0 saturated heterocycles. The number of rotatable bonds is 5. The maximum atomic E-state index is 12.6. The van der Waals surface area contributed by atoms with E-state index in [1.54, 1.807) is 24.1 Å². The number of carbonyl (C=O) groups is 1. The number of fused-ring (bicyclic) bond motifs is 1. The van der Waals surface area contributed by atoms with Crippen molar-refractivity contribution < 1.29 is 9.53 Å². The molecule has 2 aromatic carbocycles. The first-order chi connectivity index (χ1) is 13.2. The van der Waals surface area contributed by atoms with Crippen molar-refractivity contribution in [2.45, 2.75) is 13.5 Å². The third kappa shape index (κ3) is 3.15. The number of nitrogens with one attached hydrogen (secondary N) is 1. The molecule has 7 nitrogen and oxygen atoms in total. The highest BCUT2D eigenvalue weighted by atomic mass is 16.5. The number of carbonyl (C=O) groups excluding carboxylic acids is 1. The van der Waals surface area contributed by atoms with Crippen molar-refractivity contribution in [1.29, 1.82) is 0 Å². The Kier molecular flexibility index (Phi) is 4.33. The van der Waals surface area contributed by atoms with E-state index in [-0.39, 0.29) is 5.91 Å². The van der Waals surface area contributed by atoms with Gasteiger partial charge in [0.15, 0.2) is 5.69 Å². The lowest BCUT2D eigenvalue weighted by molar-refractivity contribution is 0.102. The van der Waals surface area contributed by atoms with Crippen LogP contribution in [0.15, 0.2) is 60.8 Å². The lowest BCUT2D eigenvalue weighted by Gasteiger charge is -2.06. The average Bonchev–Trinajstić information content (AvgIpc) is 3.32. The van der Waals surface area contributed by atoms with Crippen molar-refractivity contribution in [2.75, 3.05) is 12.4 Å². The molecule has 4 rings (SSSR count). The van der Waals surface area contributed by atoms with E-state index in [1.807, 2.05) is 60.0 Å². The Bertz CT molecular complexity index is 1100. The Labute approximate surface area is 156 Å². The van der Waals surface area contributed by atoms with Crippen LogP contribution in [0.3, 0.4) is 0 Å². The Balaban J connectivity index is 1.58. The monoisotopic (exact) mass is 361 g/mol. The zero-order valence-electron chi connectivity index (χ0n) is 15.1. The van der Waals surface area contributed by atoms with Gasteiger partial charge in [-0.1, -0.05) is 12.1 Å². The minimum Gasteiger partial charge on any atom is -0.497 e. The number of hydrogen-bond acceptors (Lipinski definition) is 4. The van der Waals surface area contributed by atoms with E-state index >= 15 is 0 Å². The summed E-state index contributed by atoms with van der Waals surface area (Å²) >= 11 is 0. The van der Waals surface area contributed by atoms with Gasteiger partial charge in [0.1, 0.15) is 5.75 Å². The summed E-state index contributed by atoms with van der Waals surface area (Å²) in [6.07, 6.45) is 1.75. The number of aryl methyl sites for hydroxylation is 1. The topological polar surface area (TPSA) is 74.0 Å². The summed E-state index contributed by atoms with van der Waals surface area (Å²) in [6.45, 7) is 2.72. The van der Waals surface area contributed by atoms with Crippen molar-refractivity contribution >= 4 is 22.9 Å². The normalized spacial score (nSPS) is 10.9. The number of para-hydroxylation sites is 2. The van der Waals surface area contributed by atoms with E-state index < -0.39 is 0 Å². The molecule has 27 heavy (non-hydrogen) atoms. The summed E-state index contributed by atoms with van der Waals surface area (Å²) in [6, 6.07) is 16.9. The van der Waals surface area contributed by atoms with Gasteiger partial charge in [0, 0.05) is 12.7 Å². The second-order valence-electron chi connectivity index (χ2n) is 5.97. The molecular weight excluding hydrogens is 342 g/mol. The van der Waals surface area contributed by atoms with Crippen LogP contribution in [-0.2, 0) is 6.54 Å². The maximum Gasteiger partial charge on any atom is 0.278 e. The molecule has 0 radical (unpaired) electrons. The molecule has 0 bridgehead atoms. The molecule has 136 valence electrons. The molecule has 0 fully saturated rings. The number of aromatic nitrogens is 4. The zero-order chi connectivity index (χ0) is 18.8. The molecule has 2 heterocycles. The predicted molar refractivity (Wildman–Crippen MR) is 103 cm³/mol. The van der Waals surface area contributed by atoms with Crippen LogP contribution in [0, 0.1) is 0 Å². The van der Waals surface area contributed by atoms with Crippen molar-refractivity contribution in [3.05, 3.63) is 66.5 Å². The molecule has 4 aromatic rings. The van der Waals surface area contributed by atoms with Gasteiger partial charge in [-0.2, -0.15) is 5.10 Å². The lowest BCUT2D eigenvalue weighted by Crippen LogP contribution is -2.16. The Morgan fingerprint density at radius 3 is 2.63 bits per heavy atom. The van der Waals surface area contributed by atoms with Crippen molar-refractivity contribution in [1.82, 2.24) is 19.3 Å². The number of benzene rings is 2. The summed E-state index contributed by atoms with van der Waals surface area (Å²) in [5.41, 5.74) is 2.99. The van der Waals surface area contributed by atoms with Gasteiger partial charge in [-0.3, -0.25) is 10.1 Å². The van der Waals surface area contributed by atoms with Gasteiger partial charge < -0.3 is 9.30 Å². The second-order valence-corrected chi connectivity index (χ2v) is 5.97. The first-order valence-electron chi connectivity index (χ1n) is 8.66. The third-order valence-electron chi connectivity index (χ3n) is 4.35. The number of hydrogen-bond donors (Lipinski definition) is 1. The van der Waals surface area contributed by atoms with Gasteiger partial charge >= 0.3 is 0 Å². The van der Waals surface area contributed by atoms with Gasteiger partial charge in [-0.15, -0.1) is 0 Å². The van der Waals surface area contributed by atoms with Crippen LogP contribution in [0.1, 0.15) is 17.4 Å². The fourth-order valence-corrected chi connectivity index (χ4v) is 2.98. The lowest BCUT2D eigenvalue weighted by atomic mass is 10.3. The van der Waals surface area contributed by atoms with Crippen LogP contribution < -0.4 is 10.1 Å². The number of amides is 1. The fraction of sp³-hybridized carbons (Fsp3) is 0.150. The zero-order valence-corrected chi connectivity index (χ0v) is 15.1. The predicted octanol–water partition coefficient (Wildman–Crippen LogP) is 3.50. The number of methoxy groups -OCH3 is 1. The molecule has 0 spiro atoms. The minimum atomic E-state index is -0.299. The molecular formula is C20H19N5O2. The Morgan fingerprint density at radius 2 is 1.89 bits per heavy atom. The van der Waals surface area contributed by atoms with Crippen LogP contribution in [0.4, 0.5) is 5.95 Å². The third-order valence-corrected chi connectivity index (χ3v) is 4.35. The van der Waals surface area contributed by atoms with Crippen LogP contribution in [0.2, 0.25) is 0 Å². The maximum absolute atomic E-state index is 12.6. The first kappa shape index (κ1) is 16.8. The number of ether oxygens (including phenoxy) is 1. The molecule has 0 aliphatic rings. The Morgan fingerprint density at radius 1 is 1.11 bits per heavy atom. The van der Waals surface area contributed by atoms with Crippen LogP contribution in [-0.4, -0.2) is 32.3 Å². The second kappa shape index (κ2) is 6.95. The molecule has 0 unspecified atom stereocenters. The van der Waals surface area contributed by atoms with E-state index in [1.165, 1.54) is 0 Å². The van der Waals surface area contributed by atoms with Crippen molar-refractivity contribution in [2.24, 2.45) is 0 Å². The summed E-state index contributed by atoms with van der Waals surface area (Å²) in [4.78, 5) is 17.2. The summed E-state index contributed by atoms with van der Waals surface area (Å²) in [5, 5.41) is 7.24. The van der Waals surface area contributed by atoms with Gasteiger partial charge in [0.2, 0.25) is 5.95 Å². The van der Waals surface area contributed by atoms with E-state index in [0.717, 1.165) is 22.5 Å².